The molecule has 0 bridgehead atoms. The van der Waals surface area contributed by atoms with Crippen LogP contribution in [-0.4, -0.2) is 17.4 Å². The molecule has 0 atom stereocenters. The zero-order chi connectivity index (χ0) is 18.4. The van der Waals surface area contributed by atoms with E-state index in [-0.39, 0.29) is 11.6 Å². The number of nitro benzene ring substituents is 1. The number of amides is 1. The summed E-state index contributed by atoms with van der Waals surface area (Å²) in [6.45, 7) is 6.47. The molecule has 0 spiro atoms. The van der Waals surface area contributed by atoms with Crippen molar-refractivity contribution < 1.29 is 9.72 Å². The van der Waals surface area contributed by atoms with E-state index in [2.05, 4.69) is 43.4 Å². The predicted octanol–water partition coefficient (Wildman–Crippen LogP) is 4.39. The zero-order valence-corrected chi connectivity index (χ0v) is 14.9. The van der Waals surface area contributed by atoms with E-state index in [9.17, 15) is 14.9 Å². The first-order valence-corrected chi connectivity index (χ1v) is 8.51. The minimum atomic E-state index is -0.465. The van der Waals surface area contributed by atoms with Crippen LogP contribution in [0.5, 0.6) is 0 Å². The Morgan fingerprint density at radius 1 is 1.16 bits per heavy atom. The molecule has 5 nitrogen and oxygen atoms in total. The molecular weight excluding hydrogens is 316 g/mol. The number of carbonyl (C=O) groups is 1. The molecule has 0 unspecified atom stereocenters. The fourth-order valence-electron chi connectivity index (χ4n) is 2.73. The van der Waals surface area contributed by atoms with E-state index in [0.717, 1.165) is 12.8 Å². The Bertz CT molecular complexity index is 752. The van der Waals surface area contributed by atoms with Gasteiger partial charge in [-0.3, -0.25) is 14.9 Å². The van der Waals surface area contributed by atoms with E-state index >= 15 is 0 Å². The fraction of sp³-hybridized carbons (Fsp3) is 0.350. The first-order chi connectivity index (χ1) is 11.9. The average Bonchev–Trinajstić information content (AvgIpc) is 2.58. The van der Waals surface area contributed by atoms with Gasteiger partial charge in [-0.25, -0.2) is 0 Å². The zero-order valence-electron chi connectivity index (χ0n) is 14.9. The van der Waals surface area contributed by atoms with Crippen molar-refractivity contribution >= 4 is 11.6 Å². The lowest BCUT2D eigenvalue weighted by Gasteiger charge is -2.09. The molecule has 2 aromatic carbocycles. The van der Waals surface area contributed by atoms with Gasteiger partial charge in [0.25, 0.3) is 11.6 Å². The maximum atomic E-state index is 12.2. The molecular formula is C20H24N2O3. The SMILES string of the molecule is Cc1c(C(=O)NCCCc2ccc(C(C)C)cc2)cccc1[N+](=O)[O-]. The molecule has 132 valence electrons. The topological polar surface area (TPSA) is 72.2 Å². The summed E-state index contributed by atoms with van der Waals surface area (Å²) in [5.41, 5.74) is 3.28. The molecule has 1 amide bonds. The van der Waals surface area contributed by atoms with Crippen molar-refractivity contribution in [1.82, 2.24) is 5.32 Å². The van der Waals surface area contributed by atoms with Crippen molar-refractivity contribution in [3.63, 3.8) is 0 Å². The third kappa shape index (κ3) is 4.89. The Balaban J connectivity index is 1.87. The number of hydrogen-bond donors (Lipinski definition) is 1. The van der Waals surface area contributed by atoms with Gasteiger partial charge in [-0.05, 0) is 42.9 Å². The van der Waals surface area contributed by atoms with Gasteiger partial charge in [-0.1, -0.05) is 44.2 Å². The van der Waals surface area contributed by atoms with Crippen LogP contribution in [0.1, 0.15) is 53.2 Å². The summed E-state index contributed by atoms with van der Waals surface area (Å²) in [7, 11) is 0. The second-order valence-corrected chi connectivity index (χ2v) is 6.46. The van der Waals surface area contributed by atoms with Gasteiger partial charge >= 0.3 is 0 Å². The Labute approximate surface area is 148 Å². The molecule has 0 aliphatic heterocycles. The highest BCUT2D eigenvalue weighted by molar-refractivity contribution is 5.96. The van der Waals surface area contributed by atoms with Crippen molar-refractivity contribution in [2.75, 3.05) is 6.54 Å². The number of hydrogen-bond acceptors (Lipinski definition) is 3. The van der Waals surface area contributed by atoms with E-state index in [0.29, 0.717) is 23.6 Å². The van der Waals surface area contributed by atoms with Crippen LogP contribution in [-0.2, 0) is 6.42 Å². The molecule has 0 aromatic heterocycles. The van der Waals surface area contributed by atoms with Gasteiger partial charge in [0.15, 0.2) is 0 Å². The molecule has 0 fully saturated rings. The molecule has 0 saturated carbocycles. The van der Waals surface area contributed by atoms with Crippen LogP contribution in [0.3, 0.4) is 0 Å². The van der Waals surface area contributed by atoms with Crippen LogP contribution in [0.15, 0.2) is 42.5 Å². The number of nitrogens with zero attached hydrogens (tertiary/aromatic N) is 1. The third-order valence-electron chi connectivity index (χ3n) is 4.32. The minimum absolute atomic E-state index is 0.0297. The predicted molar refractivity (Wildman–Crippen MR) is 99.0 cm³/mol. The molecule has 5 heteroatoms. The molecule has 0 radical (unpaired) electrons. The lowest BCUT2D eigenvalue weighted by atomic mass is 10.0. The van der Waals surface area contributed by atoms with Crippen molar-refractivity contribution in [1.29, 1.82) is 0 Å². The molecule has 0 saturated heterocycles. The monoisotopic (exact) mass is 340 g/mol. The van der Waals surface area contributed by atoms with E-state index < -0.39 is 4.92 Å². The van der Waals surface area contributed by atoms with Gasteiger partial charge in [-0.15, -0.1) is 0 Å². The van der Waals surface area contributed by atoms with Crippen molar-refractivity contribution in [2.24, 2.45) is 0 Å². The average molecular weight is 340 g/mol. The van der Waals surface area contributed by atoms with Crippen LogP contribution in [0.4, 0.5) is 5.69 Å². The molecule has 0 aliphatic carbocycles. The second kappa shape index (κ2) is 8.42. The van der Waals surface area contributed by atoms with E-state index in [1.54, 1.807) is 13.0 Å². The fourth-order valence-corrected chi connectivity index (χ4v) is 2.73. The summed E-state index contributed by atoms with van der Waals surface area (Å²) in [6, 6.07) is 13.1. The van der Waals surface area contributed by atoms with Crippen LogP contribution in [0.2, 0.25) is 0 Å². The first-order valence-electron chi connectivity index (χ1n) is 8.51. The van der Waals surface area contributed by atoms with Crippen LogP contribution < -0.4 is 5.32 Å². The van der Waals surface area contributed by atoms with Crippen LogP contribution in [0.25, 0.3) is 0 Å². The number of benzene rings is 2. The van der Waals surface area contributed by atoms with Gasteiger partial charge in [0.2, 0.25) is 0 Å². The molecule has 25 heavy (non-hydrogen) atoms. The standard InChI is InChI=1S/C20H24N2O3/c1-14(2)17-11-9-16(10-12-17)6-5-13-21-20(23)18-7-4-8-19(15(18)3)22(24)25/h4,7-12,14H,5-6,13H2,1-3H3,(H,21,23). The number of nitrogens with one attached hydrogen (secondary N) is 1. The Morgan fingerprint density at radius 3 is 2.44 bits per heavy atom. The Hall–Kier alpha value is -2.69. The van der Waals surface area contributed by atoms with Gasteiger partial charge < -0.3 is 5.32 Å². The quantitative estimate of drug-likeness (QED) is 0.461. The number of aryl methyl sites for hydroxylation is 1. The van der Waals surface area contributed by atoms with Gasteiger partial charge in [-0.2, -0.15) is 0 Å². The van der Waals surface area contributed by atoms with Crippen LogP contribution in [0, 0.1) is 17.0 Å². The smallest absolute Gasteiger partial charge is 0.273 e. The van der Waals surface area contributed by atoms with Gasteiger partial charge in [0, 0.05) is 23.7 Å². The highest BCUT2D eigenvalue weighted by atomic mass is 16.6. The summed E-state index contributed by atoms with van der Waals surface area (Å²) >= 11 is 0. The highest BCUT2D eigenvalue weighted by Gasteiger charge is 2.17. The number of carbonyl (C=O) groups excluding carboxylic acids is 1. The molecule has 2 aromatic rings. The van der Waals surface area contributed by atoms with E-state index in [1.807, 2.05) is 0 Å². The highest BCUT2D eigenvalue weighted by Crippen LogP contribution is 2.21. The van der Waals surface area contributed by atoms with Gasteiger partial charge in [0.1, 0.15) is 0 Å². The lowest BCUT2D eigenvalue weighted by Crippen LogP contribution is -2.25. The normalized spacial score (nSPS) is 10.7. The summed E-state index contributed by atoms with van der Waals surface area (Å²) in [6.07, 6.45) is 1.70. The minimum Gasteiger partial charge on any atom is -0.352 e. The molecule has 2 rings (SSSR count). The maximum Gasteiger partial charge on any atom is 0.273 e. The summed E-state index contributed by atoms with van der Waals surface area (Å²) in [5.74, 6) is 0.253. The maximum absolute atomic E-state index is 12.2. The van der Waals surface area contributed by atoms with Crippen molar-refractivity contribution in [3.05, 3.63) is 74.8 Å². The van der Waals surface area contributed by atoms with Crippen LogP contribution >= 0.6 is 0 Å². The largest absolute Gasteiger partial charge is 0.352 e. The summed E-state index contributed by atoms with van der Waals surface area (Å²) in [4.78, 5) is 22.7. The van der Waals surface area contributed by atoms with Crippen molar-refractivity contribution in [2.45, 2.75) is 39.5 Å². The number of rotatable bonds is 7. The second-order valence-electron chi connectivity index (χ2n) is 6.46. The molecule has 0 heterocycles. The summed E-state index contributed by atoms with van der Waals surface area (Å²) < 4.78 is 0. The van der Waals surface area contributed by atoms with E-state index in [4.69, 9.17) is 0 Å². The lowest BCUT2D eigenvalue weighted by molar-refractivity contribution is -0.385. The number of nitro groups is 1. The Kier molecular flexibility index (Phi) is 6.28. The molecule has 1 N–H and O–H groups in total. The molecule has 0 aliphatic rings. The van der Waals surface area contributed by atoms with E-state index in [1.165, 1.54) is 23.3 Å². The Morgan fingerprint density at radius 2 is 1.84 bits per heavy atom. The third-order valence-corrected chi connectivity index (χ3v) is 4.32. The van der Waals surface area contributed by atoms with Crippen molar-refractivity contribution in [3.8, 4) is 0 Å². The first kappa shape index (κ1) is 18.6. The van der Waals surface area contributed by atoms with Gasteiger partial charge in [0.05, 0.1) is 4.92 Å². The summed E-state index contributed by atoms with van der Waals surface area (Å²) in [5, 5.41) is 13.8.